The van der Waals surface area contributed by atoms with Gasteiger partial charge < -0.3 is 19.9 Å². The molecule has 1 N–H and O–H groups in total. The van der Waals surface area contributed by atoms with Crippen LogP contribution in [0.3, 0.4) is 0 Å². The summed E-state index contributed by atoms with van der Waals surface area (Å²) >= 11 is 0. The molecular weight excluding hydrogens is 444 g/mol. The van der Waals surface area contributed by atoms with E-state index >= 15 is 0 Å². The second-order valence-corrected chi connectivity index (χ2v) is 8.30. The third-order valence-corrected chi connectivity index (χ3v) is 6.01. The summed E-state index contributed by atoms with van der Waals surface area (Å²) in [6, 6.07) is 18.8. The first kappa shape index (κ1) is 24.0. The molecule has 1 aromatic heterocycles. The number of para-hydroxylation sites is 2. The average Bonchev–Trinajstić information content (AvgIpc) is 2.89. The molecule has 4 rings (SSSR count). The van der Waals surface area contributed by atoms with E-state index < -0.39 is 11.8 Å². The molecule has 1 aliphatic heterocycles. The van der Waals surface area contributed by atoms with Crippen molar-refractivity contribution < 1.29 is 14.3 Å². The highest BCUT2D eigenvalue weighted by Gasteiger charge is 2.31. The maximum atomic E-state index is 13.3. The summed E-state index contributed by atoms with van der Waals surface area (Å²) in [7, 11) is 0. The van der Waals surface area contributed by atoms with Crippen molar-refractivity contribution >= 4 is 28.9 Å². The normalized spacial score (nSPS) is 15.2. The second-order valence-electron chi connectivity index (χ2n) is 8.30. The minimum absolute atomic E-state index is 0.274. The van der Waals surface area contributed by atoms with E-state index in [-0.39, 0.29) is 12.1 Å². The van der Waals surface area contributed by atoms with E-state index in [1.807, 2.05) is 66.4 Å². The molecular formula is C26H28N6O3. The number of nitrogens with one attached hydrogen (secondary N) is 1. The third kappa shape index (κ3) is 5.32. The minimum atomic E-state index is -1.14. The van der Waals surface area contributed by atoms with E-state index in [0.717, 1.165) is 5.56 Å². The zero-order valence-electron chi connectivity index (χ0n) is 19.8. The molecule has 2 atom stereocenters. The summed E-state index contributed by atoms with van der Waals surface area (Å²) in [6.07, 6.45) is -0.346. The van der Waals surface area contributed by atoms with Gasteiger partial charge in [-0.1, -0.05) is 42.5 Å². The van der Waals surface area contributed by atoms with Gasteiger partial charge in [-0.2, -0.15) is 5.26 Å². The van der Waals surface area contributed by atoms with Crippen molar-refractivity contribution in [2.24, 2.45) is 0 Å². The first-order valence-electron chi connectivity index (χ1n) is 11.7. The second kappa shape index (κ2) is 10.8. The Bertz CT molecular complexity index is 1230. The molecule has 0 unspecified atom stereocenters. The number of carbonyl (C=O) groups excluding carboxylic acids is 2. The van der Waals surface area contributed by atoms with E-state index in [2.05, 4.69) is 11.4 Å². The maximum Gasteiger partial charge on any atom is 0.409 e. The Morgan fingerprint density at radius 2 is 1.66 bits per heavy atom. The summed E-state index contributed by atoms with van der Waals surface area (Å²) in [5.74, 6) is -1.09. The van der Waals surface area contributed by atoms with Crippen LogP contribution in [0.2, 0.25) is 0 Å². The van der Waals surface area contributed by atoms with Crippen LogP contribution < -0.4 is 10.2 Å². The zero-order chi connectivity index (χ0) is 24.8. The molecule has 1 fully saturated rings. The highest BCUT2D eigenvalue weighted by atomic mass is 16.6. The predicted octanol–water partition coefficient (Wildman–Crippen LogP) is 3.39. The number of rotatable bonds is 6. The molecule has 9 heteroatoms. The molecule has 3 aromatic rings. The Morgan fingerprint density at radius 3 is 2.29 bits per heavy atom. The van der Waals surface area contributed by atoms with E-state index in [1.165, 1.54) is 0 Å². The molecule has 1 aliphatic rings. The number of nitrogens with zero attached hydrogens (tertiary/aromatic N) is 5. The molecule has 2 aromatic carbocycles. The molecule has 35 heavy (non-hydrogen) atoms. The lowest BCUT2D eigenvalue weighted by molar-refractivity contribution is -0.122. The van der Waals surface area contributed by atoms with Gasteiger partial charge in [0, 0.05) is 26.2 Å². The van der Waals surface area contributed by atoms with Crippen molar-refractivity contribution in [3.8, 4) is 6.07 Å². The van der Waals surface area contributed by atoms with E-state index in [9.17, 15) is 14.9 Å². The fourth-order valence-corrected chi connectivity index (χ4v) is 4.11. The van der Waals surface area contributed by atoms with Gasteiger partial charge in [-0.15, -0.1) is 0 Å². The fraction of sp³-hybridized carbons (Fsp3) is 0.346. The monoisotopic (exact) mass is 472 g/mol. The number of ether oxygens (including phenoxy) is 1. The Labute approximate surface area is 204 Å². The highest BCUT2D eigenvalue weighted by Crippen LogP contribution is 2.29. The molecule has 0 saturated carbocycles. The number of anilines is 1. The quantitative estimate of drug-likeness (QED) is 0.585. The number of hydrogen-bond acceptors (Lipinski definition) is 7. The van der Waals surface area contributed by atoms with Gasteiger partial charge in [-0.05, 0) is 31.5 Å². The van der Waals surface area contributed by atoms with Crippen molar-refractivity contribution in [3.63, 3.8) is 0 Å². The maximum absolute atomic E-state index is 13.3. The lowest BCUT2D eigenvalue weighted by atomic mass is 10.0. The Morgan fingerprint density at radius 1 is 1.03 bits per heavy atom. The summed E-state index contributed by atoms with van der Waals surface area (Å²) in [5.41, 5.74) is 2.54. The predicted molar refractivity (Wildman–Crippen MR) is 132 cm³/mol. The topological polar surface area (TPSA) is 111 Å². The fourth-order valence-electron chi connectivity index (χ4n) is 4.11. The molecule has 0 aliphatic carbocycles. The largest absolute Gasteiger partial charge is 0.450 e. The van der Waals surface area contributed by atoms with Crippen molar-refractivity contribution in [1.82, 2.24) is 20.2 Å². The number of aromatic nitrogens is 2. The van der Waals surface area contributed by atoms with Gasteiger partial charge in [0.15, 0.2) is 11.7 Å². The van der Waals surface area contributed by atoms with Crippen LogP contribution in [0.15, 0.2) is 54.6 Å². The number of carbonyl (C=O) groups is 2. The standard InChI is InChI=1S/C26H28N6O3/c1-3-35-26(34)32-15-13-31(14-16-32)24-23(29-21-11-7-8-12-22(21)30-24)20(17-27)25(33)28-18(2)19-9-5-4-6-10-19/h4-12,18,20H,3,13-16H2,1-2H3,(H,28,33)/t18-,20-/m1/s1. The van der Waals surface area contributed by atoms with E-state index in [1.54, 1.807) is 11.8 Å². The van der Waals surface area contributed by atoms with Gasteiger partial charge in [0.1, 0.15) is 5.69 Å². The molecule has 1 saturated heterocycles. The summed E-state index contributed by atoms with van der Waals surface area (Å²) in [6.45, 7) is 5.83. The van der Waals surface area contributed by atoms with Gasteiger partial charge in [0.25, 0.3) is 0 Å². The number of amides is 2. The molecule has 0 radical (unpaired) electrons. The molecule has 0 spiro atoms. The van der Waals surface area contributed by atoms with Crippen molar-refractivity contribution in [2.45, 2.75) is 25.8 Å². The first-order valence-corrected chi connectivity index (χ1v) is 11.7. The average molecular weight is 473 g/mol. The van der Waals surface area contributed by atoms with Crippen LogP contribution in [-0.2, 0) is 9.53 Å². The highest BCUT2D eigenvalue weighted by molar-refractivity contribution is 5.89. The number of fused-ring (bicyclic) bond motifs is 1. The number of nitriles is 1. The van der Waals surface area contributed by atoms with Crippen LogP contribution in [0, 0.1) is 11.3 Å². The lowest BCUT2D eigenvalue weighted by Crippen LogP contribution is -2.49. The van der Waals surface area contributed by atoms with Gasteiger partial charge >= 0.3 is 6.09 Å². The molecule has 0 bridgehead atoms. The van der Waals surface area contributed by atoms with Crippen LogP contribution in [0.25, 0.3) is 11.0 Å². The Kier molecular flexibility index (Phi) is 7.41. The van der Waals surface area contributed by atoms with Crippen molar-refractivity contribution in [1.29, 1.82) is 5.26 Å². The lowest BCUT2D eigenvalue weighted by Gasteiger charge is -2.35. The molecule has 180 valence electrons. The van der Waals surface area contributed by atoms with Crippen molar-refractivity contribution in [3.05, 3.63) is 65.9 Å². The molecule has 2 amide bonds. The van der Waals surface area contributed by atoms with Crippen LogP contribution in [0.5, 0.6) is 0 Å². The number of piperazine rings is 1. The SMILES string of the molecule is CCOC(=O)N1CCN(c2nc3ccccc3nc2[C@@H](C#N)C(=O)N[C@H](C)c2ccccc2)CC1. The summed E-state index contributed by atoms with van der Waals surface area (Å²) in [5, 5.41) is 13.0. The third-order valence-electron chi connectivity index (χ3n) is 6.01. The van der Waals surface area contributed by atoms with Gasteiger partial charge in [-0.25, -0.2) is 14.8 Å². The molecule has 9 nitrogen and oxygen atoms in total. The van der Waals surface area contributed by atoms with E-state index in [0.29, 0.717) is 55.3 Å². The van der Waals surface area contributed by atoms with Gasteiger partial charge in [0.2, 0.25) is 5.91 Å². The Balaban J connectivity index is 1.63. The number of hydrogen-bond donors (Lipinski definition) is 1. The zero-order valence-corrected chi connectivity index (χ0v) is 19.8. The summed E-state index contributed by atoms with van der Waals surface area (Å²) < 4.78 is 5.11. The molecule has 2 heterocycles. The van der Waals surface area contributed by atoms with Gasteiger partial charge in [-0.3, -0.25) is 4.79 Å². The summed E-state index contributed by atoms with van der Waals surface area (Å²) in [4.78, 5) is 38.5. The van der Waals surface area contributed by atoms with Crippen LogP contribution in [0.1, 0.15) is 37.1 Å². The van der Waals surface area contributed by atoms with Crippen molar-refractivity contribution in [2.75, 3.05) is 37.7 Å². The number of benzene rings is 2. The van der Waals surface area contributed by atoms with E-state index in [4.69, 9.17) is 14.7 Å². The minimum Gasteiger partial charge on any atom is -0.450 e. The smallest absolute Gasteiger partial charge is 0.409 e. The van der Waals surface area contributed by atoms with Crippen LogP contribution in [-0.4, -0.2) is 59.7 Å². The first-order chi connectivity index (χ1) is 17.0. The van der Waals surface area contributed by atoms with Gasteiger partial charge in [0.05, 0.1) is 29.8 Å². The van der Waals surface area contributed by atoms with Crippen LogP contribution >= 0.6 is 0 Å². The Hall–Kier alpha value is -4.19. The van der Waals surface area contributed by atoms with Crippen LogP contribution in [0.4, 0.5) is 10.6 Å².